The predicted molar refractivity (Wildman–Crippen MR) is 97.4 cm³/mol. The molecule has 0 heterocycles. The lowest BCUT2D eigenvalue weighted by Crippen LogP contribution is -2.25. The molecule has 0 spiro atoms. The van der Waals surface area contributed by atoms with Crippen LogP contribution in [0.2, 0.25) is 10.0 Å². The van der Waals surface area contributed by atoms with E-state index in [1.807, 2.05) is 0 Å². The van der Waals surface area contributed by atoms with E-state index in [0.29, 0.717) is 26.4 Å². The fourth-order valence-electron chi connectivity index (χ4n) is 1.93. The molecular weight excluding hydrogens is 387 g/mol. The van der Waals surface area contributed by atoms with E-state index in [-0.39, 0.29) is 5.75 Å². The number of esters is 1. The lowest BCUT2D eigenvalue weighted by molar-refractivity contribution is -0.147. The van der Waals surface area contributed by atoms with E-state index in [2.05, 4.69) is 4.74 Å². The monoisotopic (exact) mass is 402 g/mol. The molecule has 0 aromatic heterocycles. The summed E-state index contributed by atoms with van der Waals surface area (Å²) in [7, 11) is 1.28. The molecule has 2 rings (SSSR count). The van der Waals surface area contributed by atoms with E-state index >= 15 is 0 Å². The van der Waals surface area contributed by atoms with Gasteiger partial charge in [0.1, 0.15) is 12.0 Å². The Balaban J connectivity index is 2.30. The predicted octanol–water partition coefficient (Wildman–Crippen LogP) is 4.46. The van der Waals surface area contributed by atoms with Crippen molar-refractivity contribution in [2.45, 2.75) is 17.9 Å². The molecule has 8 heteroatoms. The van der Waals surface area contributed by atoms with Gasteiger partial charge in [-0.25, -0.2) is 4.79 Å². The van der Waals surface area contributed by atoms with Gasteiger partial charge in [0.2, 0.25) is 0 Å². The van der Waals surface area contributed by atoms with Crippen molar-refractivity contribution in [1.29, 1.82) is 0 Å². The van der Waals surface area contributed by atoms with E-state index < -0.39 is 23.2 Å². The average Bonchev–Trinajstić information content (AvgIpc) is 2.57. The molecule has 0 bridgehead atoms. The zero-order valence-electron chi connectivity index (χ0n) is 13.7. The Bertz CT molecular complexity index is 767. The first kappa shape index (κ1) is 19.7. The maximum absolute atomic E-state index is 11.5. The van der Waals surface area contributed by atoms with Gasteiger partial charge >= 0.3 is 5.97 Å². The average molecular weight is 403 g/mol. The van der Waals surface area contributed by atoms with Gasteiger partial charge in [-0.05, 0) is 42.4 Å². The third-order valence-corrected chi connectivity index (χ3v) is 4.65. The fraction of sp³-hybridized carbons (Fsp3) is 0.235. The number of methoxy groups -OCH3 is 1. The highest BCUT2D eigenvalue weighted by atomic mass is 35.5. The smallest absolute Gasteiger partial charge is 0.346 e. The standard InChI is InChI=1S/C17H16Cl2O5S/c1-10(17(20)22-2)23-15-6-4-11(18)8-16(15)24-14-7-5-12(25(3)21)9-13(14)19/h4-10H,1-3H3/t10-,25?/m0/s1. The number of halogens is 2. The number of hydrogen-bond acceptors (Lipinski definition) is 5. The molecule has 5 nitrogen and oxygen atoms in total. The van der Waals surface area contributed by atoms with Gasteiger partial charge in [-0.15, -0.1) is 0 Å². The Hall–Kier alpha value is -1.60. The molecule has 0 amide bonds. The molecule has 0 N–H and O–H groups in total. The second-order valence-corrected chi connectivity index (χ2v) is 7.25. The summed E-state index contributed by atoms with van der Waals surface area (Å²) in [4.78, 5) is 12.1. The van der Waals surface area contributed by atoms with E-state index in [1.165, 1.54) is 7.11 Å². The number of carbonyl (C=O) groups is 1. The van der Waals surface area contributed by atoms with Crippen LogP contribution in [0.5, 0.6) is 17.2 Å². The molecule has 0 aliphatic carbocycles. The molecule has 2 aromatic carbocycles. The fourth-order valence-corrected chi connectivity index (χ4v) is 2.91. The molecule has 0 saturated heterocycles. The zero-order chi connectivity index (χ0) is 18.6. The van der Waals surface area contributed by atoms with Crippen molar-refractivity contribution in [2.75, 3.05) is 13.4 Å². The first-order chi connectivity index (χ1) is 11.8. The van der Waals surface area contributed by atoms with E-state index in [4.69, 9.17) is 32.7 Å². The number of hydrogen-bond donors (Lipinski definition) is 0. The van der Waals surface area contributed by atoms with Crippen LogP contribution in [0.15, 0.2) is 41.3 Å². The summed E-state index contributed by atoms with van der Waals surface area (Å²) in [6.07, 6.45) is 0.734. The molecule has 0 aliphatic heterocycles. The van der Waals surface area contributed by atoms with Crippen molar-refractivity contribution in [1.82, 2.24) is 0 Å². The maximum atomic E-state index is 11.5. The van der Waals surface area contributed by atoms with Crippen LogP contribution in [0.4, 0.5) is 0 Å². The summed E-state index contributed by atoms with van der Waals surface area (Å²) < 4.78 is 27.5. The Labute approximate surface area is 159 Å². The van der Waals surface area contributed by atoms with Crippen LogP contribution in [0.25, 0.3) is 0 Å². The lowest BCUT2D eigenvalue weighted by Gasteiger charge is -2.17. The molecule has 0 saturated carbocycles. The van der Waals surface area contributed by atoms with Crippen molar-refractivity contribution in [3.8, 4) is 17.2 Å². The van der Waals surface area contributed by atoms with Gasteiger partial charge < -0.3 is 18.8 Å². The minimum atomic E-state index is -1.15. The van der Waals surface area contributed by atoms with E-state index in [0.717, 1.165) is 0 Å². The lowest BCUT2D eigenvalue weighted by atomic mass is 10.3. The second-order valence-electron chi connectivity index (χ2n) is 5.02. The molecule has 0 radical (unpaired) electrons. The van der Waals surface area contributed by atoms with Crippen molar-refractivity contribution in [3.63, 3.8) is 0 Å². The highest BCUT2D eigenvalue weighted by Crippen LogP contribution is 2.38. The molecule has 2 atom stereocenters. The summed E-state index contributed by atoms with van der Waals surface area (Å²) in [5.41, 5.74) is 0. The second kappa shape index (κ2) is 8.67. The third-order valence-electron chi connectivity index (χ3n) is 3.20. The summed E-state index contributed by atoms with van der Waals surface area (Å²) >= 11 is 11.0. The van der Waals surface area contributed by atoms with E-state index in [1.54, 1.807) is 49.6 Å². The van der Waals surface area contributed by atoms with Crippen molar-refractivity contribution >= 4 is 40.3 Å². The zero-order valence-corrected chi connectivity index (χ0v) is 16.1. The number of rotatable bonds is 6. The van der Waals surface area contributed by atoms with Crippen LogP contribution >= 0.6 is 23.2 Å². The number of ether oxygens (including phenoxy) is 3. The molecule has 25 heavy (non-hydrogen) atoms. The van der Waals surface area contributed by atoms with Crippen LogP contribution < -0.4 is 9.47 Å². The van der Waals surface area contributed by atoms with Gasteiger partial charge in [0.15, 0.2) is 22.5 Å². The summed E-state index contributed by atoms with van der Waals surface area (Å²) in [6.45, 7) is 1.56. The summed E-state index contributed by atoms with van der Waals surface area (Å²) in [5.74, 6) is 0.416. The quantitative estimate of drug-likeness (QED) is 0.526. The minimum Gasteiger partial charge on any atom is -0.612 e. The molecule has 2 aromatic rings. The van der Waals surface area contributed by atoms with Crippen LogP contribution in [0, 0.1) is 0 Å². The van der Waals surface area contributed by atoms with Gasteiger partial charge in [0, 0.05) is 17.2 Å². The number of benzene rings is 2. The number of carbonyl (C=O) groups excluding carboxylic acids is 1. The largest absolute Gasteiger partial charge is 0.612 e. The van der Waals surface area contributed by atoms with Gasteiger partial charge in [-0.2, -0.15) is 0 Å². The Kier molecular flexibility index (Phi) is 6.84. The molecule has 134 valence electrons. The topological polar surface area (TPSA) is 67.8 Å². The minimum absolute atomic E-state index is 0.288. The van der Waals surface area contributed by atoms with Gasteiger partial charge in [-0.3, -0.25) is 0 Å². The van der Waals surface area contributed by atoms with Gasteiger partial charge in [0.25, 0.3) is 0 Å². The Morgan fingerprint density at radius 2 is 1.80 bits per heavy atom. The molecule has 1 unspecified atom stereocenters. The molecule has 0 fully saturated rings. The SMILES string of the molecule is COC(=O)[C@H](C)Oc1ccc(Cl)cc1Oc1ccc([S+](C)[O-])cc1Cl. The van der Waals surface area contributed by atoms with E-state index in [9.17, 15) is 9.35 Å². The van der Waals surface area contributed by atoms with Crippen LogP contribution in [0.3, 0.4) is 0 Å². The Morgan fingerprint density at radius 1 is 1.12 bits per heavy atom. The highest BCUT2D eigenvalue weighted by molar-refractivity contribution is 7.90. The first-order valence-electron chi connectivity index (χ1n) is 7.16. The van der Waals surface area contributed by atoms with Gasteiger partial charge in [0.05, 0.1) is 12.1 Å². The van der Waals surface area contributed by atoms with Crippen molar-refractivity contribution in [3.05, 3.63) is 46.4 Å². The van der Waals surface area contributed by atoms with Crippen molar-refractivity contribution < 1.29 is 23.6 Å². The van der Waals surface area contributed by atoms with Gasteiger partial charge in [-0.1, -0.05) is 23.2 Å². The highest BCUT2D eigenvalue weighted by Gasteiger charge is 2.19. The Morgan fingerprint density at radius 3 is 2.40 bits per heavy atom. The normalized spacial score (nSPS) is 13.0. The third kappa shape index (κ3) is 5.19. The van der Waals surface area contributed by atoms with Crippen LogP contribution in [-0.2, 0) is 20.7 Å². The van der Waals surface area contributed by atoms with Crippen LogP contribution in [-0.4, -0.2) is 30.0 Å². The first-order valence-corrected chi connectivity index (χ1v) is 9.48. The summed E-state index contributed by atoms with van der Waals surface area (Å²) in [5, 5.41) is 0.718. The molecule has 0 aliphatic rings. The summed E-state index contributed by atoms with van der Waals surface area (Å²) in [6, 6.07) is 9.56. The van der Waals surface area contributed by atoms with Crippen molar-refractivity contribution in [2.24, 2.45) is 0 Å². The van der Waals surface area contributed by atoms with Crippen LogP contribution in [0.1, 0.15) is 6.92 Å². The maximum Gasteiger partial charge on any atom is 0.346 e. The molecular formula is C17H16Cl2O5S.